The van der Waals surface area contributed by atoms with Crippen molar-refractivity contribution in [1.82, 2.24) is 23.0 Å². The molecule has 0 atom stereocenters. The number of benzene rings is 4. The SMILES string of the molecule is CCOC(=O)c1c(CCCOc2cccc3ccccc23)c2cccc3c2n1CC=CCOCc1c-3c(COc2ccc(N3CCN(S(=O)(=O)N(C)C)CC3)cc2)nn1C. The Bertz CT molecular complexity index is 2620. The van der Waals surface area contributed by atoms with E-state index in [1.165, 1.54) is 8.61 Å². The summed E-state index contributed by atoms with van der Waals surface area (Å²) < 4.78 is 56.6. The maximum atomic E-state index is 14.0. The van der Waals surface area contributed by atoms with Crippen molar-refractivity contribution in [2.45, 2.75) is 39.5 Å². The molecule has 314 valence electrons. The van der Waals surface area contributed by atoms with Crippen LogP contribution in [0.1, 0.15) is 40.8 Å². The molecule has 0 radical (unpaired) electrons. The zero-order valence-corrected chi connectivity index (χ0v) is 35.5. The predicted molar refractivity (Wildman–Crippen MR) is 234 cm³/mol. The van der Waals surface area contributed by atoms with E-state index in [0.717, 1.165) is 61.2 Å². The maximum Gasteiger partial charge on any atom is 0.355 e. The number of ether oxygens (including phenoxy) is 4. The molecule has 0 saturated carbocycles. The molecule has 2 aromatic heterocycles. The number of allylic oxidation sites excluding steroid dienone is 1. The van der Waals surface area contributed by atoms with Crippen molar-refractivity contribution >= 4 is 43.5 Å². The maximum absolute atomic E-state index is 14.0. The number of rotatable bonds is 13. The number of para-hydroxylation sites is 1. The van der Waals surface area contributed by atoms with Crippen molar-refractivity contribution in [3.8, 4) is 22.6 Å². The van der Waals surface area contributed by atoms with Gasteiger partial charge in [0.1, 0.15) is 29.5 Å². The Labute approximate surface area is 351 Å². The fraction of sp³-hybridized carbons (Fsp3) is 0.348. The Balaban J connectivity index is 1.08. The summed E-state index contributed by atoms with van der Waals surface area (Å²) in [4.78, 5) is 16.1. The van der Waals surface area contributed by atoms with Crippen LogP contribution >= 0.6 is 0 Å². The summed E-state index contributed by atoms with van der Waals surface area (Å²) in [5, 5.41) is 8.16. The van der Waals surface area contributed by atoms with E-state index >= 15 is 0 Å². The van der Waals surface area contributed by atoms with Gasteiger partial charge in [0.05, 0.1) is 37.6 Å². The van der Waals surface area contributed by atoms with E-state index < -0.39 is 10.2 Å². The third-order valence-corrected chi connectivity index (χ3v) is 13.2. The largest absolute Gasteiger partial charge is 0.493 e. The molecule has 0 unspecified atom stereocenters. The summed E-state index contributed by atoms with van der Waals surface area (Å²) >= 11 is 0. The molecule has 0 spiro atoms. The molecule has 14 heteroatoms. The summed E-state index contributed by atoms with van der Waals surface area (Å²) in [7, 11) is 1.60. The fourth-order valence-corrected chi connectivity index (χ4v) is 9.37. The lowest BCUT2D eigenvalue weighted by Crippen LogP contribution is -2.51. The summed E-state index contributed by atoms with van der Waals surface area (Å²) in [6.07, 6.45) is 5.32. The Morgan fingerprint density at radius 2 is 1.63 bits per heavy atom. The smallest absolute Gasteiger partial charge is 0.355 e. The summed E-state index contributed by atoms with van der Waals surface area (Å²) in [6, 6.07) is 28.4. The van der Waals surface area contributed by atoms with Crippen LogP contribution in [0, 0.1) is 0 Å². The fourth-order valence-electron chi connectivity index (χ4n) is 8.28. The molecule has 0 amide bonds. The van der Waals surface area contributed by atoms with Gasteiger partial charge in [-0.05, 0) is 61.0 Å². The minimum absolute atomic E-state index is 0.196. The number of hydrogen-bond acceptors (Lipinski definition) is 9. The van der Waals surface area contributed by atoms with Crippen molar-refractivity contribution in [1.29, 1.82) is 0 Å². The minimum atomic E-state index is -3.44. The molecule has 0 N–H and O–H groups in total. The van der Waals surface area contributed by atoms with Gasteiger partial charge in [0.25, 0.3) is 10.2 Å². The van der Waals surface area contributed by atoms with Crippen LogP contribution in [0.15, 0.2) is 97.1 Å². The van der Waals surface area contributed by atoms with Gasteiger partial charge < -0.3 is 28.4 Å². The van der Waals surface area contributed by atoms with Crippen LogP contribution < -0.4 is 14.4 Å². The molecule has 60 heavy (non-hydrogen) atoms. The molecule has 2 aliphatic heterocycles. The molecule has 1 fully saturated rings. The first-order valence-corrected chi connectivity index (χ1v) is 21.9. The summed E-state index contributed by atoms with van der Waals surface area (Å²) in [5.74, 6) is 1.17. The molecule has 2 aliphatic rings. The highest BCUT2D eigenvalue weighted by molar-refractivity contribution is 7.86. The summed E-state index contributed by atoms with van der Waals surface area (Å²) in [5.41, 5.74) is 6.88. The van der Waals surface area contributed by atoms with Crippen LogP contribution in [-0.2, 0) is 52.9 Å². The zero-order chi connectivity index (χ0) is 41.8. The normalized spacial score (nSPS) is 15.0. The average Bonchev–Trinajstić information content (AvgIpc) is 3.74. The number of piperazine rings is 1. The Hall–Kier alpha value is -5.67. The highest BCUT2D eigenvalue weighted by Gasteiger charge is 2.30. The van der Waals surface area contributed by atoms with Gasteiger partial charge in [-0.1, -0.05) is 66.7 Å². The van der Waals surface area contributed by atoms with Crippen molar-refractivity contribution in [2.75, 3.05) is 65.0 Å². The molecule has 4 aromatic carbocycles. The zero-order valence-electron chi connectivity index (χ0n) is 34.7. The Kier molecular flexibility index (Phi) is 12.3. The van der Waals surface area contributed by atoms with E-state index in [1.54, 1.807) is 14.1 Å². The van der Waals surface area contributed by atoms with Gasteiger partial charge in [0.15, 0.2) is 0 Å². The number of anilines is 1. The van der Waals surface area contributed by atoms with Crippen LogP contribution in [0.4, 0.5) is 5.69 Å². The van der Waals surface area contributed by atoms with Crippen molar-refractivity contribution in [3.63, 3.8) is 0 Å². The van der Waals surface area contributed by atoms with E-state index in [-0.39, 0.29) is 19.2 Å². The first-order chi connectivity index (χ1) is 29.2. The van der Waals surface area contributed by atoms with Gasteiger partial charge in [-0.15, -0.1) is 0 Å². The molecule has 8 rings (SSSR count). The van der Waals surface area contributed by atoms with Crippen molar-refractivity contribution in [2.24, 2.45) is 7.05 Å². The second kappa shape index (κ2) is 17.9. The monoisotopic (exact) mass is 832 g/mol. The number of hydrogen-bond donors (Lipinski definition) is 0. The molecular formula is C46H52N6O7S. The van der Waals surface area contributed by atoms with E-state index in [0.29, 0.717) is 76.8 Å². The third-order valence-electron chi connectivity index (χ3n) is 11.3. The number of aromatic nitrogens is 3. The standard InChI is InChI=1S/C46H52N6O7S/c1-5-57-46(53)45-38(18-12-30-58-42-19-10-14-33-13-6-7-15-36(33)42)37-16-11-17-39-43-40(47-49(4)41(43)32-56-29-9-8-24-52(45)44(37)39)31-59-35-22-20-34(21-23-35)50-25-27-51(28-26-50)60(54,55)48(2)3/h6-11,13-17,19-23H,5,12,18,24-32H2,1-4H3. The number of aryl methyl sites for hydroxylation is 2. The first-order valence-electron chi connectivity index (χ1n) is 20.5. The second-order valence-electron chi connectivity index (χ2n) is 15.1. The molecule has 4 heterocycles. The first kappa shape index (κ1) is 41.1. The quantitative estimate of drug-likeness (QED) is 0.0690. The lowest BCUT2D eigenvalue weighted by molar-refractivity contribution is 0.0513. The second-order valence-corrected chi connectivity index (χ2v) is 17.3. The highest BCUT2D eigenvalue weighted by atomic mass is 32.2. The van der Waals surface area contributed by atoms with Crippen LogP contribution in [0.2, 0.25) is 0 Å². The van der Waals surface area contributed by atoms with Gasteiger partial charge in [0.2, 0.25) is 0 Å². The van der Waals surface area contributed by atoms with Crippen LogP contribution in [0.5, 0.6) is 11.5 Å². The number of carbonyl (C=O) groups excluding carboxylic acids is 1. The van der Waals surface area contributed by atoms with Crippen LogP contribution in [0.3, 0.4) is 0 Å². The number of carbonyl (C=O) groups is 1. The molecule has 13 nitrogen and oxygen atoms in total. The van der Waals surface area contributed by atoms with E-state index in [9.17, 15) is 13.2 Å². The lowest BCUT2D eigenvalue weighted by Gasteiger charge is -2.36. The average molecular weight is 833 g/mol. The van der Waals surface area contributed by atoms with Gasteiger partial charge in [-0.2, -0.15) is 22.1 Å². The Morgan fingerprint density at radius 1 is 0.883 bits per heavy atom. The van der Waals surface area contributed by atoms with Crippen LogP contribution in [-0.4, -0.2) is 97.4 Å². The Morgan fingerprint density at radius 3 is 2.42 bits per heavy atom. The van der Waals surface area contributed by atoms with Gasteiger partial charge >= 0.3 is 5.97 Å². The van der Waals surface area contributed by atoms with E-state index in [2.05, 4.69) is 39.8 Å². The van der Waals surface area contributed by atoms with Crippen molar-refractivity contribution < 1.29 is 32.2 Å². The third kappa shape index (κ3) is 8.24. The topological polar surface area (TPSA) is 121 Å². The highest BCUT2D eigenvalue weighted by Crippen LogP contribution is 2.39. The van der Waals surface area contributed by atoms with E-state index in [4.69, 9.17) is 24.0 Å². The molecule has 0 aliphatic carbocycles. The van der Waals surface area contributed by atoms with Gasteiger partial charge in [-0.3, -0.25) is 4.68 Å². The molecule has 1 saturated heterocycles. The minimum Gasteiger partial charge on any atom is -0.493 e. The van der Waals surface area contributed by atoms with Crippen LogP contribution in [0.25, 0.3) is 32.8 Å². The predicted octanol–water partition coefficient (Wildman–Crippen LogP) is 6.98. The molecule has 0 bridgehead atoms. The number of nitrogens with zero attached hydrogens (tertiary/aromatic N) is 6. The number of esters is 1. The molecule has 6 aromatic rings. The van der Waals surface area contributed by atoms with Gasteiger partial charge in [-0.25, -0.2) is 4.79 Å². The van der Waals surface area contributed by atoms with Gasteiger partial charge in [0, 0.05) is 81.5 Å². The number of fused-ring (bicyclic) bond motifs is 3. The molecular weight excluding hydrogens is 781 g/mol. The van der Waals surface area contributed by atoms with Crippen molar-refractivity contribution in [3.05, 3.63) is 120 Å². The summed E-state index contributed by atoms with van der Waals surface area (Å²) in [6.45, 7) is 5.97. The van der Waals surface area contributed by atoms with E-state index in [1.807, 2.05) is 85.4 Å². The lowest BCUT2D eigenvalue weighted by atomic mass is 9.98.